The Morgan fingerprint density at radius 2 is 1.75 bits per heavy atom. The van der Waals surface area contributed by atoms with E-state index in [2.05, 4.69) is 46.1 Å². The van der Waals surface area contributed by atoms with Gasteiger partial charge in [0.05, 0.1) is 11.2 Å². The van der Waals surface area contributed by atoms with Gasteiger partial charge in [-0.2, -0.15) is 0 Å². The third-order valence-corrected chi connectivity index (χ3v) is 5.68. The number of para-hydroxylation sites is 2. The summed E-state index contributed by atoms with van der Waals surface area (Å²) in [4.78, 5) is 10.1. The molecule has 0 atom stereocenters. The lowest BCUT2D eigenvalue weighted by molar-refractivity contribution is 0.312. The number of hydrogen-bond acceptors (Lipinski definition) is 3. The quantitative estimate of drug-likeness (QED) is 0.771. The van der Waals surface area contributed by atoms with E-state index < -0.39 is 0 Å². The van der Waals surface area contributed by atoms with E-state index in [4.69, 9.17) is 0 Å². The number of likely N-dealkylation sites (N-methyl/N-ethyl adjacent to an activating group) is 1. The van der Waals surface area contributed by atoms with E-state index in [0.29, 0.717) is 5.52 Å². The van der Waals surface area contributed by atoms with Crippen LogP contribution in [0.25, 0.3) is 10.9 Å². The number of aromatic amines is 1. The second-order valence-electron chi connectivity index (χ2n) is 6.18. The van der Waals surface area contributed by atoms with E-state index in [-0.39, 0.29) is 5.82 Å². The second-order valence-corrected chi connectivity index (χ2v) is 7.26. The standard InChI is InChI=1S/C19H20FN3S/c1-22-9-11-23(12-10-22)16-7-2-3-8-17(16)24-18-13-21-19-14(18)5-4-6-15(19)20/h2-8,13,21H,9-12H2,1H3. The van der Waals surface area contributed by atoms with Crippen LogP contribution in [-0.2, 0) is 0 Å². The van der Waals surface area contributed by atoms with E-state index in [9.17, 15) is 4.39 Å². The van der Waals surface area contributed by atoms with Crippen LogP contribution in [0.2, 0.25) is 0 Å². The number of hydrogen-bond donors (Lipinski definition) is 1. The Balaban J connectivity index is 1.66. The molecule has 1 aliphatic rings. The monoisotopic (exact) mass is 341 g/mol. The lowest BCUT2D eigenvalue weighted by Gasteiger charge is -2.35. The molecule has 124 valence electrons. The van der Waals surface area contributed by atoms with Crippen LogP contribution in [0, 0.1) is 5.82 Å². The summed E-state index contributed by atoms with van der Waals surface area (Å²) in [5.41, 5.74) is 1.85. The van der Waals surface area contributed by atoms with Crippen molar-refractivity contribution in [1.29, 1.82) is 0 Å². The Labute approximate surface area is 145 Å². The Hall–Kier alpha value is -1.98. The zero-order chi connectivity index (χ0) is 16.5. The fraction of sp³-hybridized carbons (Fsp3) is 0.263. The fourth-order valence-corrected chi connectivity index (χ4v) is 4.23. The van der Waals surface area contributed by atoms with Crippen molar-refractivity contribution in [2.24, 2.45) is 0 Å². The summed E-state index contributed by atoms with van der Waals surface area (Å²) >= 11 is 1.70. The second kappa shape index (κ2) is 6.49. The Kier molecular flexibility index (Phi) is 4.21. The van der Waals surface area contributed by atoms with Gasteiger partial charge in [-0.25, -0.2) is 4.39 Å². The average Bonchev–Trinajstić information content (AvgIpc) is 3.01. The fourth-order valence-electron chi connectivity index (χ4n) is 3.15. The van der Waals surface area contributed by atoms with Gasteiger partial charge >= 0.3 is 0 Å². The van der Waals surface area contributed by atoms with Gasteiger partial charge in [0.2, 0.25) is 0 Å². The smallest absolute Gasteiger partial charge is 0.147 e. The molecule has 0 saturated carbocycles. The molecule has 2 aromatic carbocycles. The number of fused-ring (bicyclic) bond motifs is 1. The molecule has 1 aromatic heterocycles. The molecule has 3 aromatic rings. The first kappa shape index (κ1) is 15.5. The van der Waals surface area contributed by atoms with Crippen LogP contribution in [0.1, 0.15) is 0 Å². The predicted octanol–water partition coefficient (Wildman–Crippen LogP) is 4.21. The molecule has 3 nitrogen and oxygen atoms in total. The molecule has 0 spiro atoms. The third kappa shape index (κ3) is 2.89. The number of rotatable bonds is 3. The average molecular weight is 341 g/mol. The highest BCUT2D eigenvalue weighted by atomic mass is 32.2. The Morgan fingerprint density at radius 1 is 0.958 bits per heavy atom. The number of halogens is 1. The summed E-state index contributed by atoms with van der Waals surface area (Å²) in [6.07, 6.45) is 1.90. The minimum atomic E-state index is -0.202. The molecule has 1 saturated heterocycles. The molecule has 1 fully saturated rings. The van der Waals surface area contributed by atoms with Gasteiger partial charge in [-0.3, -0.25) is 0 Å². The molecule has 1 aliphatic heterocycles. The first-order chi connectivity index (χ1) is 11.7. The maximum Gasteiger partial charge on any atom is 0.147 e. The maximum absolute atomic E-state index is 13.9. The molecule has 4 rings (SSSR count). The van der Waals surface area contributed by atoms with Crippen LogP contribution in [0.4, 0.5) is 10.1 Å². The van der Waals surface area contributed by atoms with Crippen LogP contribution in [0.5, 0.6) is 0 Å². The van der Waals surface area contributed by atoms with Crippen molar-refractivity contribution in [2.45, 2.75) is 9.79 Å². The van der Waals surface area contributed by atoms with Crippen molar-refractivity contribution in [3.8, 4) is 0 Å². The van der Waals surface area contributed by atoms with Crippen LogP contribution in [0.3, 0.4) is 0 Å². The largest absolute Gasteiger partial charge is 0.368 e. The molecule has 0 bridgehead atoms. The molecular weight excluding hydrogens is 321 g/mol. The number of benzene rings is 2. The van der Waals surface area contributed by atoms with Gasteiger partial charge in [-0.15, -0.1) is 0 Å². The third-order valence-electron chi connectivity index (χ3n) is 4.56. The van der Waals surface area contributed by atoms with Crippen LogP contribution >= 0.6 is 11.8 Å². The van der Waals surface area contributed by atoms with E-state index >= 15 is 0 Å². The van der Waals surface area contributed by atoms with E-state index in [1.807, 2.05) is 12.3 Å². The minimum absolute atomic E-state index is 0.202. The van der Waals surface area contributed by atoms with E-state index in [0.717, 1.165) is 36.5 Å². The summed E-state index contributed by atoms with van der Waals surface area (Å²) in [6, 6.07) is 13.7. The van der Waals surface area contributed by atoms with Gasteiger partial charge in [0.25, 0.3) is 0 Å². The summed E-state index contributed by atoms with van der Waals surface area (Å²) in [6.45, 7) is 4.24. The van der Waals surface area contributed by atoms with Crippen molar-refractivity contribution in [3.63, 3.8) is 0 Å². The van der Waals surface area contributed by atoms with Gasteiger partial charge in [0.1, 0.15) is 5.82 Å². The van der Waals surface area contributed by atoms with E-state index in [1.165, 1.54) is 16.6 Å². The number of nitrogens with one attached hydrogen (secondary N) is 1. The van der Waals surface area contributed by atoms with Gasteiger partial charge in [-0.1, -0.05) is 36.0 Å². The molecule has 5 heteroatoms. The van der Waals surface area contributed by atoms with Crippen molar-refractivity contribution in [2.75, 3.05) is 38.1 Å². The number of nitrogens with zero attached hydrogens (tertiary/aromatic N) is 2. The van der Waals surface area contributed by atoms with Crippen molar-refractivity contribution >= 4 is 28.4 Å². The highest BCUT2D eigenvalue weighted by Gasteiger charge is 2.18. The molecule has 0 radical (unpaired) electrons. The SMILES string of the molecule is CN1CCN(c2ccccc2Sc2c[nH]c3c(F)cccc23)CC1. The van der Waals surface area contributed by atoms with Gasteiger partial charge < -0.3 is 14.8 Å². The van der Waals surface area contributed by atoms with Crippen molar-refractivity contribution < 1.29 is 4.39 Å². The highest BCUT2D eigenvalue weighted by Crippen LogP contribution is 2.39. The molecule has 1 N–H and O–H groups in total. The number of aromatic nitrogens is 1. The number of anilines is 1. The normalized spacial score (nSPS) is 16.0. The Morgan fingerprint density at radius 3 is 2.58 bits per heavy atom. The first-order valence-corrected chi connectivity index (χ1v) is 9.00. The molecular formula is C19H20FN3S. The topological polar surface area (TPSA) is 22.3 Å². The first-order valence-electron chi connectivity index (χ1n) is 8.18. The minimum Gasteiger partial charge on any atom is -0.368 e. The lowest BCUT2D eigenvalue weighted by atomic mass is 10.2. The highest BCUT2D eigenvalue weighted by molar-refractivity contribution is 7.99. The summed E-state index contributed by atoms with van der Waals surface area (Å²) < 4.78 is 13.9. The summed E-state index contributed by atoms with van der Waals surface area (Å²) in [5.74, 6) is -0.202. The predicted molar refractivity (Wildman–Crippen MR) is 98.5 cm³/mol. The van der Waals surface area contributed by atoms with Crippen LogP contribution < -0.4 is 4.90 Å². The molecule has 0 unspecified atom stereocenters. The Bertz CT molecular complexity index is 853. The van der Waals surface area contributed by atoms with Gasteiger partial charge in [-0.05, 0) is 25.2 Å². The molecule has 0 aliphatic carbocycles. The van der Waals surface area contributed by atoms with Crippen molar-refractivity contribution in [1.82, 2.24) is 9.88 Å². The number of H-pyrrole nitrogens is 1. The van der Waals surface area contributed by atoms with E-state index in [1.54, 1.807) is 17.8 Å². The van der Waals surface area contributed by atoms with Crippen molar-refractivity contribution in [3.05, 3.63) is 54.5 Å². The summed E-state index contributed by atoms with van der Waals surface area (Å²) in [5, 5.41) is 0.938. The van der Waals surface area contributed by atoms with Gasteiger partial charge in [0, 0.05) is 47.6 Å². The zero-order valence-electron chi connectivity index (χ0n) is 13.6. The van der Waals surface area contributed by atoms with Crippen LogP contribution in [-0.4, -0.2) is 43.1 Å². The lowest BCUT2D eigenvalue weighted by Crippen LogP contribution is -2.44. The maximum atomic E-state index is 13.9. The zero-order valence-corrected chi connectivity index (χ0v) is 14.4. The van der Waals surface area contributed by atoms with Crippen LogP contribution in [0.15, 0.2) is 58.5 Å². The molecule has 2 heterocycles. The summed E-state index contributed by atoms with van der Waals surface area (Å²) in [7, 11) is 2.17. The molecule has 0 amide bonds. The number of piperazine rings is 1. The van der Waals surface area contributed by atoms with Gasteiger partial charge in [0.15, 0.2) is 0 Å². The molecule has 24 heavy (non-hydrogen) atoms.